The van der Waals surface area contributed by atoms with Crippen LogP contribution in [-0.2, 0) is 26.6 Å². The van der Waals surface area contributed by atoms with Crippen molar-refractivity contribution < 1.29 is 0 Å². The number of hydrogen-bond donors (Lipinski definition) is 0. The third-order valence-electron chi connectivity index (χ3n) is 3.62. The first-order valence-corrected chi connectivity index (χ1v) is 6.22. The summed E-state index contributed by atoms with van der Waals surface area (Å²) in [7, 11) is 2.14. The van der Waals surface area contributed by atoms with E-state index in [-0.39, 0.29) is 0 Å². The molecule has 0 fully saturated rings. The Morgan fingerprint density at radius 2 is 1.94 bits per heavy atom. The summed E-state index contributed by atoms with van der Waals surface area (Å²) in [5, 5.41) is 0. The largest absolute Gasteiger partial charge is 0.353 e. The maximum absolute atomic E-state index is 2.53. The van der Waals surface area contributed by atoms with Crippen molar-refractivity contribution in [2.45, 2.75) is 19.5 Å². The maximum Gasteiger partial charge on any atom is 0.0393 e. The van der Waals surface area contributed by atoms with E-state index in [1.165, 1.54) is 29.8 Å². The molecule has 1 aromatic carbocycles. The van der Waals surface area contributed by atoms with E-state index in [2.05, 4.69) is 59.1 Å². The highest BCUT2D eigenvalue weighted by molar-refractivity contribution is 5.25. The quantitative estimate of drug-likeness (QED) is 0.764. The van der Waals surface area contributed by atoms with Crippen molar-refractivity contribution >= 4 is 0 Å². The number of fused-ring (bicyclic) bond motifs is 1. The van der Waals surface area contributed by atoms with Crippen LogP contribution in [0.1, 0.15) is 16.8 Å². The molecule has 2 heterocycles. The third kappa shape index (κ3) is 2.13. The molecule has 0 saturated heterocycles. The number of hydrogen-bond acceptors (Lipinski definition) is 1. The third-order valence-corrected chi connectivity index (χ3v) is 3.62. The second-order valence-electron chi connectivity index (χ2n) is 4.84. The molecule has 0 atom stereocenters. The highest BCUT2D eigenvalue weighted by Crippen LogP contribution is 2.20. The Balaban J connectivity index is 1.74. The van der Waals surface area contributed by atoms with Crippen LogP contribution >= 0.6 is 0 Å². The van der Waals surface area contributed by atoms with E-state index in [1.54, 1.807) is 0 Å². The molecule has 1 aromatic heterocycles. The normalized spacial score (nSPS) is 15.8. The smallest absolute Gasteiger partial charge is 0.0393 e. The zero-order chi connectivity index (χ0) is 11.7. The van der Waals surface area contributed by atoms with Gasteiger partial charge in [0.15, 0.2) is 0 Å². The van der Waals surface area contributed by atoms with Crippen LogP contribution in [0, 0.1) is 0 Å². The summed E-state index contributed by atoms with van der Waals surface area (Å²) in [6.45, 7) is 3.31. The predicted molar refractivity (Wildman–Crippen MR) is 69.7 cm³/mol. The first-order valence-electron chi connectivity index (χ1n) is 6.22. The fourth-order valence-electron chi connectivity index (χ4n) is 2.60. The van der Waals surface area contributed by atoms with Gasteiger partial charge in [-0.2, -0.15) is 0 Å². The van der Waals surface area contributed by atoms with Gasteiger partial charge in [0.25, 0.3) is 0 Å². The van der Waals surface area contributed by atoms with Crippen LogP contribution in [0.4, 0.5) is 0 Å². The highest BCUT2D eigenvalue weighted by atomic mass is 15.1. The van der Waals surface area contributed by atoms with Crippen molar-refractivity contribution in [2.75, 3.05) is 6.54 Å². The number of aryl methyl sites for hydroxylation is 1. The average Bonchev–Trinajstić information content (AvgIpc) is 2.73. The fourth-order valence-corrected chi connectivity index (χ4v) is 2.60. The average molecular weight is 226 g/mol. The standard InChI is InChI=1S/C15H18N2/c1-16-9-7-14-8-10-17(12-15(14)16)11-13-5-3-2-4-6-13/h2-7,9H,8,10-12H2,1H3. The van der Waals surface area contributed by atoms with Gasteiger partial charge in [-0.15, -0.1) is 0 Å². The second-order valence-corrected chi connectivity index (χ2v) is 4.84. The summed E-state index contributed by atoms with van der Waals surface area (Å²) >= 11 is 0. The van der Waals surface area contributed by atoms with Crippen molar-refractivity contribution in [1.29, 1.82) is 0 Å². The topological polar surface area (TPSA) is 8.17 Å². The summed E-state index contributed by atoms with van der Waals surface area (Å²) < 4.78 is 2.26. The van der Waals surface area contributed by atoms with Gasteiger partial charge in [0.05, 0.1) is 0 Å². The van der Waals surface area contributed by atoms with Crippen molar-refractivity contribution in [1.82, 2.24) is 9.47 Å². The fraction of sp³-hybridized carbons (Fsp3) is 0.333. The molecule has 0 spiro atoms. The summed E-state index contributed by atoms with van der Waals surface area (Å²) in [6, 6.07) is 13.0. The van der Waals surface area contributed by atoms with Crippen LogP contribution in [0.5, 0.6) is 0 Å². The van der Waals surface area contributed by atoms with E-state index in [4.69, 9.17) is 0 Å². The predicted octanol–water partition coefficient (Wildman–Crippen LogP) is 2.58. The zero-order valence-electron chi connectivity index (χ0n) is 10.3. The van der Waals surface area contributed by atoms with Crippen molar-refractivity contribution in [3.63, 3.8) is 0 Å². The Bertz CT molecular complexity index is 499. The molecule has 2 nitrogen and oxygen atoms in total. The van der Waals surface area contributed by atoms with Crippen LogP contribution in [0.25, 0.3) is 0 Å². The van der Waals surface area contributed by atoms with E-state index >= 15 is 0 Å². The first kappa shape index (κ1) is 10.6. The second kappa shape index (κ2) is 4.38. The van der Waals surface area contributed by atoms with E-state index < -0.39 is 0 Å². The Morgan fingerprint density at radius 3 is 2.76 bits per heavy atom. The van der Waals surface area contributed by atoms with Gasteiger partial charge < -0.3 is 4.57 Å². The minimum atomic E-state index is 1.06. The van der Waals surface area contributed by atoms with E-state index in [9.17, 15) is 0 Å². The molecule has 1 aliphatic heterocycles. The lowest BCUT2D eigenvalue weighted by Gasteiger charge is -2.27. The molecule has 0 bridgehead atoms. The number of rotatable bonds is 2. The monoisotopic (exact) mass is 226 g/mol. The van der Waals surface area contributed by atoms with Gasteiger partial charge in [-0.3, -0.25) is 4.90 Å². The van der Waals surface area contributed by atoms with Crippen LogP contribution < -0.4 is 0 Å². The Kier molecular flexibility index (Phi) is 2.73. The minimum Gasteiger partial charge on any atom is -0.353 e. The van der Waals surface area contributed by atoms with E-state index in [1.807, 2.05) is 0 Å². The van der Waals surface area contributed by atoms with Crippen LogP contribution in [-0.4, -0.2) is 16.0 Å². The molecule has 1 aliphatic rings. The molecule has 17 heavy (non-hydrogen) atoms. The molecule has 0 N–H and O–H groups in total. The summed E-state index contributed by atoms with van der Waals surface area (Å²) in [5.41, 5.74) is 4.41. The molecule has 3 rings (SSSR count). The number of benzene rings is 1. The first-order chi connectivity index (χ1) is 8.33. The lowest BCUT2D eigenvalue weighted by atomic mass is 10.1. The number of nitrogens with zero attached hydrogens (tertiary/aromatic N) is 2. The molecule has 0 radical (unpaired) electrons. The van der Waals surface area contributed by atoms with Gasteiger partial charge in [-0.05, 0) is 23.6 Å². The molecule has 0 unspecified atom stereocenters. The minimum absolute atomic E-state index is 1.06. The molecular weight excluding hydrogens is 208 g/mol. The Labute approximate surface area is 102 Å². The van der Waals surface area contributed by atoms with Crippen LogP contribution in [0.2, 0.25) is 0 Å². The summed E-state index contributed by atoms with van der Waals surface area (Å²) in [5.74, 6) is 0. The zero-order valence-corrected chi connectivity index (χ0v) is 10.3. The molecule has 88 valence electrons. The van der Waals surface area contributed by atoms with Crippen molar-refractivity contribution in [3.8, 4) is 0 Å². The van der Waals surface area contributed by atoms with Crippen LogP contribution in [0.3, 0.4) is 0 Å². The summed E-state index contributed by atoms with van der Waals surface area (Å²) in [4.78, 5) is 2.53. The SMILES string of the molecule is Cn1ccc2c1CN(Cc1ccccc1)CC2. The summed E-state index contributed by atoms with van der Waals surface area (Å²) in [6.07, 6.45) is 3.36. The van der Waals surface area contributed by atoms with Gasteiger partial charge in [0.1, 0.15) is 0 Å². The van der Waals surface area contributed by atoms with E-state index in [0.717, 1.165) is 13.1 Å². The van der Waals surface area contributed by atoms with Gasteiger partial charge in [0.2, 0.25) is 0 Å². The lowest BCUT2D eigenvalue weighted by molar-refractivity contribution is 0.239. The van der Waals surface area contributed by atoms with Crippen LogP contribution in [0.15, 0.2) is 42.6 Å². The molecule has 0 saturated carbocycles. The Hall–Kier alpha value is -1.54. The van der Waals surface area contributed by atoms with E-state index in [0.29, 0.717) is 0 Å². The molecular formula is C15H18N2. The van der Waals surface area contributed by atoms with Gasteiger partial charge in [-0.1, -0.05) is 30.3 Å². The molecule has 2 aromatic rings. The van der Waals surface area contributed by atoms with Gasteiger partial charge >= 0.3 is 0 Å². The molecule has 0 aliphatic carbocycles. The lowest BCUT2D eigenvalue weighted by Crippen LogP contribution is -2.30. The highest BCUT2D eigenvalue weighted by Gasteiger charge is 2.18. The molecule has 0 amide bonds. The number of aromatic nitrogens is 1. The maximum atomic E-state index is 2.53. The Morgan fingerprint density at radius 1 is 1.12 bits per heavy atom. The van der Waals surface area contributed by atoms with Crippen molar-refractivity contribution in [3.05, 3.63) is 59.4 Å². The van der Waals surface area contributed by atoms with Crippen molar-refractivity contribution in [2.24, 2.45) is 7.05 Å². The van der Waals surface area contributed by atoms with Gasteiger partial charge in [-0.25, -0.2) is 0 Å². The molecule has 2 heteroatoms. The van der Waals surface area contributed by atoms with Gasteiger partial charge in [0, 0.05) is 38.6 Å².